The predicted octanol–water partition coefficient (Wildman–Crippen LogP) is 0.753. The monoisotopic (exact) mass is 183 g/mol. The van der Waals surface area contributed by atoms with E-state index in [1.807, 2.05) is 0 Å². The minimum Gasteiger partial charge on any atom is -0.379 e. The van der Waals surface area contributed by atoms with Crippen molar-refractivity contribution in [1.29, 1.82) is 0 Å². The van der Waals surface area contributed by atoms with Crippen LogP contribution in [0.4, 0.5) is 5.69 Å². The lowest BCUT2D eigenvalue weighted by Crippen LogP contribution is -2.08. The maximum Gasteiger partial charge on any atom is 0.307 e. The van der Waals surface area contributed by atoms with Gasteiger partial charge in [0, 0.05) is 6.61 Å². The summed E-state index contributed by atoms with van der Waals surface area (Å²) < 4.78 is 6.75. The second-order valence-electron chi connectivity index (χ2n) is 2.95. The Hall–Kier alpha value is -1.43. The van der Waals surface area contributed by atoms with Crippen LogP contribution in [0.25, 0.3) is 0 Å². The third-order valence-corrected chi connectivity index (χ3v) is 2.08. The molecule has 0 saturated carbocycles. The first-order valence-corrected chi connectivity index (χ1v) is 4.03. The maximum absolute atomic E-state index is 10.4. The minimum absolute atomic E-state index is 0.0342. The van der Waals surface area contributed by atoms with E-state index in [2.05, 4.69) is 5.10 Å². The van der Waals surface area contributed by atoms with Crippen LogP contribution in [0.5, 0.6) is 0 Å². The van der Waals surface area contributed by atoms with Gasteiger partial charge in [-0.05, 0) is 6.42 Å². The highest BCUT2D eigenvalue weighted by atomic mass is 16.6. The highest BCUT2D eigenvalue weighted by Crippen LogP contribution is 2.20. The number of hydrogen-bond donors (Lipinski definition) is 0. The number of hydrogen-bond acceptors (Lipinski definition) is 4. The molecule has 13 heavy (non-hydrogen) atoms. The van der Waals surface area contributed by atoms with Crippen molar-refractivity contribution in [2.24, 2.45) is 0 Å². The Labute approximate surface area is 74.3 Å². The van der Waals surface area contributed by atoms with E-state index in [1.54, 1.807) is 4.68 Å². The van der Waals surface area contributed by atoms with E-state index in [0.717, 1.165) is 6.42 Å². The van der Waals surface area contributed by atoms with Crippen molar-refractivity contribution in [2.45, 2.75) is 12.5 Å². The van der Waals surface area contributed by atoms with Gasteiger partial charge in [0.15, 0.2) is 0 Å². The molecule has 1 saturated heterocycles. The van der Waals surface area contributed by atoms with Gasteiger partial charge in [0.05, 0.1) is 17.6 Å². The molecule has 1 aromatic heterocycles. The first-order valence-electron chi connectivity index (χ1n) is 4.03. The van der Waals surface area contributed by atoms with Gasteiger partial charge in [0.1, 0.15) is 12.4 Å². The normalized spacial score (nSPS) is 22.0. The summed E-state index contributed by atoms with van der Waals surface area (Å²) in [5, 5.41) is 14.3. The van der Waals surface area contributed by atoms with Gasteiger partial charge in [-0.15, -0.1) is 0 Å². The molecule has 0 bridgehead atoms. The molecule has 1 fully saturated rings. The zero-order valence-corrected chi connectivity index (χ0v) is 6.92. The molecule has 0 N–H and O–H groups in total. The van der Waals surface area contributed by atoms with Gasteiger partial charge in [0.25, 0.3) is 0 Å². The van der Waals surface area contributed by atoms with Crippen molar-refractivity contribution in [3.63, 3.8) is 0 Å². The minimum atomic E-state index is -0.445. The summed E-state index contributed by atoms with van der Waals surface area (Å²) in [7, 11) is 0. The van der Waals surface area contributed by atoms with E-state index in [4.69, 9.17) is 4.74 Å². The summed E-state index contributed by atoms with van der Waals surface area (Å²) in [4.78, 5) is 9.90. The van der Waals surface area contributed by atoms with Crippen molar-refractivity contribution in [3.8, 4) is 0 Å². The molecule has 6 nitrogen and oxygen atoms in total. The molecule has 2 heterocycles. The van der Waals surface area contributed by atoms with E-state index < -0.39 is 4.92 Å². The lowest BCUT2D eigenvalue weighted by atomic mass is 10.3. The highest BCUT2D eigenvalue weighted by Gasteiger charge is 2.20. The molecule has 0 unspecified atom stereocenters. The summed E-state index contributed by atoms with van der Waals surface area (Å²) >= 11 is 0. The van der Waals surface area contributed by atoms with Crippen molar-refractivity contribution in [3.05, 3.63) is 22.5 Å². The first-order chi connectivity index (χ1) is 6.27. The number of ether oxygens (including phenoxy) is 1. The van der Waals surface area contributed by atoms with Gasteiger partial charge in [-0.25, -0.2) is 0 Å². The zero-order valence-electron chi connectivity index (χ0n) is 6.92. The third kappa shape index (κ3) is 1.52. The molecule has 0 radical (unpaired) electrons. The number of rotatable bonds is 2. The summed E-state index contributed by atoms with van der Waals surface area (Å²) in [6.45, 7) is 1.30. The first kappa shape index (κ1) is 8.18. The van der Waals surface area contributed by atoms with Gasteiger partial charge in [-0.2, -0.15) is 5.10 Å². The molecule has 70 valence electrons. The van der Waals surface area contributed by atoms with Crippen LogP contribution in [-0.2, 0) is 4.74 Å². The van der Waals surface area contributed by atoms with E-state index >= 15 is 0 Å². The van der Waals surface area contributed by atoms with Gasteiger partial charge in [-0.1, -0.05) is 0 Å². The average Bonchev–Trinajstić information content (AvgIpc) is 2.75. The molecule has 0 spiro atoms. The summed E-state index contributed by atoms with van der Waals surface area (Å²) in [5.41, 5.74) is 0.0342. The van der Waals surface area contributed by atoms with Crippen molar-refractivity contribution in [1.82, 2.24) is 9.78 Å². The second-order valence-corrected chi connectivity index (χ2v) is 2.95. The Morgan fingerprint density at radius 2 is 2.62 bits per heavy atom. The van der Waals surface area contributed by atoms with E-state index in [0.29, 0.717) is 13.2 Å². The molecule has 1 aromatic rings. The van der Waals surface area contributed by atoms with Crippen LogP contribution in [0.2, 0.25) is 0 Å². The van der Waals surface area contributed by atoms with Crippen LogP contribution in [0, 0.1) is 10.1 Å². The Balaban J connectivity index is 2.16. The van der Waals surface area contributed by atoms with Gasteiger partial charge < -0.3 is 4.74 Å². The van der Waals surface area contributed by atoms with Crippen LogP contribution in [0.15, 0.2) is 12.4 Å². The molecule has 0 aliphatic carbocycles. The fourth-order valence-electron chi connectivity index (χ4n) is 1.35. The fraction of sp³-hybridized carbons (Fsp3) is 0.571. The molecular weight excluding hydrogens is 174 g/mol. The van der Waals surface area contributed by atoms with Gasteiger partial charge in [-0.3, -0.25) is 14.8 Å². The van der Waals surface area contributed by atoms with E-state index in [1.165, 1.54) is 12.4 Å². The molecule has 1 atom stereocenters. The van der Waals surface area contributed by atoms with E-state index in [-0.39, 0.29) is 11.7 Å². The number of aromatic nitrogens is 2. The molecule has 1 aliphatic rings. The van der Waals surface area contributed by atoms with Crippen LogP contribution in [0.1, 0.15) is 12.5 Å². The van der Waals surface area contributed by atoms with Crippen LogP contribution in [0.3, 0.4) is 0 Å². The molecule has 1 aliphatic heterocycles. The topological polar surface area (TPSA) is 70.2 Å². The molecule has 0 aromatic carbocycles. The molecule has 2 rings (SSSR count). The Bertz CT molecular complexity index is 317. The summed E-state index contributed by atoms with van der Waals surface area (Å²) in [6, 6.07) is 0.161. The Kier molecular flexibility index (Phi) is 1.97. The van der Waals surface area contributed by atoms with Crippen LogP contribution >= 0.6 is 0 Å². The van der Waals surface area contributed by atoms with E-state index in [9.17, 15) is 10.1 Å². The van der Waals surface area contributed by atoms with Crippen molar-refractivity contribution < 1.29 is 9.66 Å². The zero-order chi connectivity index (χ0) is 9.26. The number of nitro groups is 1. The summed E-state index contributed by atoms with van der Waals surface area (Å²) in [6.07, 6.45) is 3.58. The molecule has 6 heteroatoms. The van der Waals surface area contributed by atoms with Gasteiger partial charge >= 0.3 is 5.69 Å². The molecule has 0 amide bonds. The predicted molar refractivity (Wildman–Crippen MR) is 43.4 cm³/mol. The van der Waals surface area contributed by atoms with Crippen LogP contribution in [-0.4, -0.2) is 27.9 Å². The SMILES string of the molecule is O=[N+]([O-])c1cnn([C@H]2CCOC2)c1. The van der Waals surface area contributed by atoms with Crippen molar-refractivity contribution >= 4 is 5.69 Å². The fourth-order valence-corrected chi connectivity index (χ4v) is 1.35. The van der Waals surface area contributed by atoms with Crippen LogP contribution < -0.4 is 0 Å². The highest BCUT2D eigenvalue weighted by molar-refractivity contribution is 5.21. The Morgan fingerprint density at radius 1 is 1.77 bits per heavy atom. The lowest BCUT2D eigenvalue weighted by molar-refractivity contribution is -0.385. The van der Waals surface area contributed by atoms with Gasteiger partial charge in [0.2, 0.25) is 0 Å². The Morgan fingerprint density at radius 3 is 3.15 bits per heavy atom. The van der Waals surface area contributed by atoms with Crippen molar-refractivity contribution in [2.75, 3.05) is 13.2 Å². The standard InChI is InChI=1S/C7H9N3O3/c11-10(12)7-3-8-9(4-7)6-1-2-13-5-6/h3-4,6H,1-2,5H2/t6-/m0/s1. The molecular formula is C7H9N3O3. The third-order valence-electron chi connectivity index (χ3n) is 2.08. The smallest absolute Gasteiger partial charge is 0.307 e. The average molecular weight is 183 g/mol. The lowest BCUT2D eigenvalue weighted by Gasteiger charge is -2.05. The maximum atomic E-state index is 10.4. The summed E-state index contributed by atoms with van der Waals surface area (Å²) in [5.74, 6) is 0. The number of nitrogens with zero attached hydrogens (tertiary/aromatic N) is 3. The quantitative estimate of drug-likeness (QED) is 0.501. The largest absolute Gasteiger partial charge is 0.379 e. The second kappa shape index (κ2) is 3.14.